The summed E-state index contributed by atoms with van der Waals surface area (Å²) in [5.41, 5.74) is 1.10. The van der Waals surface area contributed by atoms with E-state index in [4.69, 9.17) is 9.26 Å². The topological polar surface area (TPSA) is 86.3 Å². The van der Waals surface area contributed by atoms with Gasteiger partial charge in [-0.05, 0) is 18.4 Å². The summed E-state index contributed by atoms with van der Waals surface area (Å²) in [5.74, 6) is 1.54. The molecule has 3 heterocycles. The van der Waals surface area contributed by atoms with Gasteiger partial charge in [0.25, 0.3) is 11.8 Å². The van der Waals surface area contributed by atoms with E-state index in [-0.39, 0.29) is 18.4 Å². The first-order valence-electron chi connectivity index (χ1n) is 9.41. The Morgan fingerprint density at radius 2 is 2.14 bits per heavy atom. The van der Waals surface area contributed by atoms with E-state index in [0.717, 1.165) is 18.4 Å². The zero-order valence-electron chi connectivity index (χ0n) is 15.8. The quantitative estimate of drug-likeness (QED) is 0.652. The maximum Gasteiger partial charge on any atom is 0.289 e. The standard InChI is InChI=1S/C20H23N5O3/c1-24-11-9-21-19(24)20(26)25-10-5-8-16(12-25)18-22-17(28-23-18)14-27-13-15-6-3-2-4-7-15/h2-4,6-7,9,11,16H,5,8,10,12-14H2,1H3. The van der Waals surface area contributed by atoms with Crippen LogP contribution in [0, 0.1) is 0 Å². The molecular weight excluding hydrogens is 358 g/mol. The molecule has 0 N–H and O–H groups in total. The number of likely N-dealkylation sites (tertiary alicyclic amines) is 1. The Bertz CT molecular complexity index is 921. The third-order valence-electron chi connectivity index (χ3n) is 4.91. The first kappa shape index (κ1) is 18.4. The molecule has 4 rings (SSSR count). The maximum atomic E-state index is 12.7. The van der Waals surface area contributed by atoms with Gasteiger partial charge in [-0.3, -0.25) is 4.79 Å². The van der Waals surface area contributed by atoms with Gasteiger partial charge < -0.3 is 18.7 Å². The van der Waals surface area contributed by atoms with Crippen molar-refractivity contribution in [2.45, 2.75) is 32.0 Å². The molecule has 1 atom stereocenters. The highest BCUT2D eigenvalue weighted by Gasteiger charge is 2.29. The van der Waals surface area contributed by atoms with Crippen LogP contribution < -0.4 is 0 Å². The van der Waals surface area contributed by atoms with Gasteiger partial charge in [-0.1, -0.05) is 35.5 Å². The Morgan fingerprint density at radius 1 is 1.29 bits per heavy atom. The minimum Gasteiger partial charge on any atom is -0.367 e. The van der Waals surface area contributed by atoms with Crippen LogP contribution in [0.2, 0.25) is 0 Å². The molecule has 0 bridgehead atoms. The van der Waals surface area contributed by atoms with Gasteiger partial charge in [0.1, 0.15) is 6.61 Å². The number of carbonyl (C=O) groups excluding carboxylic acids is 1. The minimum absolute atomic E-state index is 0.0598. The number of carbonyl (C=O) groups is 1. The second-order valence-corrected chi connectivity index (χ2v) is 6.98. The van der Waals surface area contributed by atoms with Gasteiger partial charge in [0.05, 0.1) is 6.61 Å². The molecule has 0 saturated carbocycles. The summed E-state index contributed by atoms with van der Waals surface area (Å²) in [5, 5.41) is 4.11. The van der Waals surface area contributed by atoms with Gasteiger partial charge in [0.15, 0.2) is 11.6 Å². The lowest BCUT2D eigenvalue weighted by Gasteiger charge is -2.30. The first-order chi connectivity index (χ1) is 13.7. The fraction of sp³-hybridized carbons (Fsp3) is 0.400. The molecular formula is C20H23N5O3. The predicted octanol–water partition coefficient (Wildman–Crippen LogP) is 2.54. The van der Waals surface area contributed by atoms with Crippen LogP contribution in [0.5, 0.6) is 0 Å². The summed E-state index contributed by atoms with van der Waals surface area (Å²) in [4.78, 5) is 23.2. The van der Waals surface area contributed by atoms with Crippen molar-refractivity contribution in [3.63, 3.8) is 0 Å². The molecule has 0 aliphatic carbocycles. The van der Waals surface area contributed by atoms with Crippen molar-refractivity contribution >= 4 is 5.91 Å². The number of amides is 1. The molecule has 2 aromatic heterocycles. The Kier molecular flexibility index (Phi) is 5.48. The van der Waals surface area contributed by atoms with Crippen molar-refractivity contribution < 1.29 is 14.1 Å². The number of aromatic nitrogens is 4. The highest BCUT2D eigenvalue weighted by Crippen LogP contribution is 2.26. The zero-order chi connectivity index (χ0) is 19.3. The average Bonchev–Trinajstić information content (AvgIpc) is 3.37. The summed E-state index contributed by atoms with van der Waals surface area (Å²) in [6.45, 7) is 2.04. The fourth-order valence-corrected chi connectivity index (χ4v) is 3.41. The molecule has 8 nitrogen and oxygen atoms in total. The Labute approximate surface area is 163 Å². The van der Waals surface area contributed by atoms with Gasteiger partial charge in [-0.15, -0.1) is 0 Å². The maximum absolute atomic E-state index is 12.7. The molecule has 1 amide bonds. The smallest absolute Gasteiger partial charge is 0.289 e. The van der Waals surface area contributed by atoms with Gasteiger partial charge in [0.2, 0.25) is 0 Å². The minimum atomic E-state index is -0.0629. The summed E-state index contributed by atoms with van der Waals surface area (Å²) in [7, 11) is 1.82. The van der Waals surface area contributed by atoms with Crippen LogP contribution >= 0.6 is 0 Å². The molecule has 1 aliphatic heterocycles. The molecule has 146 valence electrons. The SMILES string of the molecule is Cn1ccnc1C(=O)N1CCCC(c2noc(COCc3ccccc3)n2)C1. The van der Waals surface area contributed by atoms with E-state index >= 15 is 0 Å². The van der Waals surface area contributed by atoms with E-state index in [0.29, 0.717) is 37.2 Å². The number of rotatable bonds is 6. The van der Waals surface area contributed by atoms with Crippen molar-refractivity contribution in [1.29, 1.82) is 0 Å². The lowest BCUT2D eigenvalue weighted by atomic mass is 9.97. The second kappa shape index (κ2) is 8.35. The van der Waals surface area contributed by atoms with Crippen LogP contribution in [0.15, 0.2) is 47.2 Å². The normalized spacial score (nSPS) is 17.0. The number of hydrogen-bond donors (Lipinski definition) is 0. The molecule has 28 heavy (non-hydrogen) atoms. The number of hydrogen-bond acceptors (Lipinski definition) is 6. The zero-order valence-corrected chi connectivity index (χ0v) is 15.8. The van der Waals surface area contributed by atoms with Crippen LogP contribution in [0.4, 0.5) is 0 Å². The van der Waals surface area contributed by atoms with E-state index in [2.05, 4.69) is 15.1 Å². The molecule has 0 radical (unpaired) electrons. The summed E-state index contributed by atoms with van der Waals surface area (Å²) < 4.78 is 12.7. The lowest BCUT2D eigenvalue weighted by Crippen LogP contribution is -2.40. The highest BCUT2D eigenvalue weighted by molar-refractivity contribution is 5.90. The summed E-state index contributed by atoms with van der Waals surface area (Å²) in [6, 6.07) is 9.94. The van der Waals surface area contributed by atoms with Crippen molar-refractivity contribution in [3.05, 3.63) is 65.8 Å². The Hall–Kier alpha value is -3.00. The monoisotopic (exact) mass is 381 g/mol. The third kappa shape index (κ3) is 4.12. The van der Waals surface area contributed by atoms with Crippen LogP contribution in [0.3, 0.4) is 0 Å². The molecule has 3 aromatic rings. The largest absolute Gasteiger partial charge is 0.367 e. The van der Waals surface area contributed by atoms with E-state index in [1.54, 1.807) is 17.0 Å². The van der Waals surface area contributed by atoms with Crippen LogP contribution in [-0.2, 0) is 25.0 Å². The third-order valence-corrected chi connectivity index (χ3v) is 4.91. The van der Waals surface area contributed by atoms with Crippen LogP contribution in [0.1, 0.15) is 46.7 Å². The van der Waals surface area contributed by atoms with Gasteiger partial charge >= 0.3 is 0 Å². The van der Waals surface area contributed by atoms with E-state index < -0.39 is 0 Å². The average molecular weight is 381 g/mol. The molecule has 8 heteroatoms. The number of aryl methyl sites for hydroxylation is 1. The first-order valence-corrected chi connectivity index (χ1v) is 9.41. The van der Waals surface area contributed by atoms with Crippen molar-refractivity contribution in [1.82, 2.24) is 24.6 Å². The van der Waals surface area contributed by atoms with Crippen molar-refractivity contribution in [2.75, 3.05) is 13.1 Å². The Morgan fingerprint density at radius 3 is 2.93 bits per heavy atom. The van der Waals surface area contributed by atoms with Gasteiger partial charge in [-0.25, -0.2) is 4.98 Å². The summed E-state index contributed by atoms with van der Waals surface area (Å²) in [6.07, 6.45) is 5.23. The number of nitrogens with zero attached hydrogens (tertiary/aromatic N) is 5. The molecule has 1 aliphatic rings. The Balaban J connectivity index is 1.34. The van der Waals surface area contributed by atoms with Crippen LogP contribution in [-0.4, -0.2) is 43.6 Å². The van der Waals surface area contributed by atoms with E-state index in [1.165, 1.54) is 0 Å². The second-order valence-electron chi connectivity index (χ2n) is 6.98. The number of benzene rings is 1. The lowest BCUT2D eigenvalue weighted by molar-refractivity contribution is 0.0687. The molecule has 1 aromatic carbocycles. The van der Waals surface area contributed by atoms with E-state index in [1.807, 2.05) is 42.3 Å². The number of piperidine rings is 1. The van der Waals surface area contributed by atoms with Gasteiger partial charge in [0, 0.05) is 38.4 Å². The molecule has 1 saturated heterocycles. The summed E-state index contributed by atoms with van der Waals surface area (Å²) >= 11 is 0. The van der Waals surface area contributed by atoms with Crippen molar-refractivity contribution in [3.8, 4) is 0 Å². The van der Waals surface area contributed by atoms with Crippen LogP contribution in [0.25, 0.3) is 0 Å². The number of imidazole rings is 1. The number of ether oxygens (including phenoxy) is 1. The molecule has 0 spiro atoms. The molecule has 1 unspecified atom stereocenters. The van der Waals surface area contributed by atoms with Crippen molar-refractivity contribution in [2.24, 2.45) is 7.05 Å². The highest BCUT2D eigenvalue weighted by atomic mass is 16.5. The predicted molar refractivity (Wildman–Crippen MR) is 100 cm³/mol. The van der Waals surface area contributed by atoms with Gasteiger partial charge in [-0.2, -0.15) is 4.98 Å². The molecule has 1 fully saturated rings. The fourth-order valence-electron chi connectivity index (χ4n) is 3.41. The van der Waals surface area contributed by atoms with E-state index in [9.17, 15) is 4.79 Å².